The molecule has 5 heteroatoms. The van der Waals surface area contributed by atoms with Gasteiger partial charge >= 0.3 is 0 Å². The Morgan fingerprint density at radius 2 is 1.95 bits per heavy atom. The molecule has 1 heterocycles. The van der Waals surface area contributed by atoms with E-state index >= 15 is 0 Å². The molecule has 1 aromatic rings. The highest BCUT2D eigenvalue weighted by molar-refractivity contribution is 6.00. The number of hydrogen-bond acceptors (Lipinski definition) is 3. The lowest BCUT2D eigenvalue weighted by atomic mass is 9.87. The first-order valence-electron chi connectivity index (χ1n) is 7.11. The van der Waals surface area contributed by atoms with E-state index in [9.17, 15) is 9.59 Å². The molecule has 0 radical (unpaired) electrons. The second-order valence-electron chi connectivity index (χ2n) is 5.66. The van der Waals surface area contributed by atoms with Crippen molar-refractivity contribution in [3.63, 3.8) is 0 Å². The zero-order chi connectivity index (χ0) is 15.6. The monoisotopic (exact) mass is 290 g/mol. The number of carbonyl (C=O) groups excluding carboxylic acids is 2. The number of piperazine rings is 1. The molecule has 1 saturated heterocycles. The van der Waals surface area contributed by atoms with Gasteiger partial charge < -0.3 is 15.0 Å². The van der Waals surface area contributed by atoms with E-state index < -0.39 is 11.6 Å². The van der Waals surface area contributed by atoms with Crippen LogP contribution in [0.3, 0.4) is 0 Å². The highest BCUT2D eigenvalue weighted by atomic mass is 16.5. The lowest BCUT2D eigenvalue weighted by Gasteiger charge is -2.44. The van der Waals surface area contributed by atoms with Crippen LogP contribution in [0, 0.1) is 0 Å². The van der Waals surface area contributed by atoms with Crippen LogP contribution >= 0.6 is 0 Å². The maximum Gasteiger partial charge on any atom is 0.253 e. The van der Waals surface area contributed by atoms with Gasteiger partial charge in [0.25, 0.3) is 5.91 Å². The molecule has 1 fully saturated rings. The summed E-state index contributed by atoms with van der Waals surface area (Å²) in [6.07, 6.45) is -0.123. The van der Waals surface area contributed by atoms with Crippen molar-refractivity contribution in [2.24, 2.45) is 0 Å². The molecule has 0 spiro atoms. The number of methoxy groups -OCH3 is 1. The van der Waals surface area contributed by atoms with Gasteiger partial charge in [-0.1, -0.05) is 30.3 Å². The Balaban J connectivity index is 2.36. The van der Waals surface area contributed by atoms with E-state index in [1.54, 1.807) is 25.9 Å². The highest BCUT2D eigenvalue weighted by Gasteiger charge is 2.47. The first kappa shape index (κ1) is 15.5. The summed E-state index contributed by atoms with van der Waals surface area (Å²) in [4.78, 5) is 26.8. The SMILES string of the molecule is COC(C)CN1C(=O)C(C)(c2ccccc2)NC(=O)C1C. The molecule has 0 saturated carbocycles. The lowest BCUT2D eigenvalue weighted by Crippen LogP contribution is -2.67. The van der Waals surface area contributed by atoms with Gasteiger partial charge in [-0.3, -0.25) is 9.59 Å². The fraction of sp³-hybridized carbons (Fsp3) is 0.500. The topological polar surface area (TPSA) is 58.6 Å². The van der Waals surface area contributed by atoms with Crippen molar-refractivity contribution in [3.8, 4) is 0 Å². The van der Waals surface area contributed by atoms with Crippen LogP contribution in [0.4, 0.5) is 0 Å². The maximum absolute atomic E-state index is 12.9. The lowest BCUT2D eigenvalue weighted by molar-refractivity contribution is -0.155. The summed E-state index contributed by atoms with van der Waals surface area (Å²) < 4.78 is 5.23. The van der Waals surface area contributed by atoms with Crippen LogP contribution in [0.5, 0.6) is 0 Å². The maximum atomic E-state index is 12.9. The third-order valence-corrected chi connectivity index (χ3v) is 4.12. The number of nitrogens with zero attached hydrogens (tertiary/aromatic N) is 1. The molecule has 1 N–H and O–H groups in total. The molecule has 21 heavy (non-hydrogen) atoms. The van der Waals surface area contributed by atoms with E-state index in [2.05, 4.69) is 5.32 Å². The van der Waals surface area contributed by atoms with Crippen molar-refractivity contribution in [1.29, 1.82) is 0 Å². The molecule has 3 atom stereocenters. The molecule has 1 aromatic carbocycles. The first-order chi connectivity index (χ1) is 9.90. The van der Waals surface area contributed by atoms with E-state index in [0.29, 0.717) is 6.54 Å². The zero-order valence-electron chi connectivity index (χ0n) is 12.9. The second-order valence-corrected chi connectivity index (χ2v) is 5.66. The summed E-state index contributed by atoms with van der Waals surface area (Å²) in [6.45, 7) is 5.76. The Labute approximate surface area is 125 Å². The zero-order valence-corrected chi connectivity index (χ0v) is 12.9. The number of rotatable bonds is 4. The van der Waals surface area contributed by atoms with Crippen LogP contribution in [-0.4, -0.2) is 42.5 Å². The smallest absolute Gasteiger partial charge is 0.253 e. The highest BCUT2D eigenvalue weighted by Crippen LogP contribution is 2.28. The normalized spacial score (nSPS) is 27.4. The van der Waals surface area contributed by atoms with E-state index in [1.807, 2.05) is 37.3 Å². The average Bonchev–Trinajstić information content (AvgIpc) is 2.50. The molecule has 0 aromatic heterocycles. The molecule has 2 amide bonds. The first-order valence-corrected chi connectivity index (χ1v) is 7.11. The second kappa shape index (κ2) is 5.85. The van der Waals surface area contributed by atoms with Crippen molar-refractivity contribution in [3.05, 3.63) is 35.9 Å². The number of hydrogen-bond donors (Lipinski definition) is 1. The largest absolute Gasteiger partial charge is 0.380 e. The molecule has 114 valence electrons. The van der Waals surface area contributed by atoms with Gasteiger partial charge in [0.2, 0.25) is 5.91 Å². The van der Waals surface area contributed by atoms with Crippen LogP contribution in [-0.2, 0) is 19.9 Å². The Kier molecular flexibility index (Phi) is 4.32. The number of amides is 2. The standard InChI is InChI=1S/C16H22N2O3/c1-11(21-4)10-18-12(2)14(19)17-16(3,15(18)20)13-8-6-5-7-9-13/h5-9,11-12H,10H2,1-4H3,(H,17,19). The fourth-order valence-electron chi connectivity index (χ4n) is 2.57. The molecule has 2 rings (SSSR count). The van der Waals surface area contributed by atoms with Crippen LogP contribution in [0.25, 0.3) is 0 Å². The molecule has 0 aliphatic carbocycles. The molecule has 1 aliphatic heterocycles. The van der Waals surface area contributed by atoms with Gasteiger partial charge in [0.05, 0.1) is 6.10 Å². The number of benzene rings is 1. The van der Waals surface area contributed by atoms with E-state index in [1.165, 1.54) is 0 Å². The predicted octanol–water partition coefficient (Wildman–Crippen LogP) is 1.28. The summed E-state index contributed by atoms with van der Waals surface area (Å²) in [6, 6.07) is 8.82. The summed E-state index contributed by atoms with van der Waals surface area (Å²) >= 11 is 0. The van der Waals surface area contributed by atoms with E-state index in [0.717, 1.165) is 5.56 Å². The summed E-state index contributed by atoms with van der Waals surface area (Å²) in [7, 11) is 1.60. The molecule has 3 unspecified atom stereocenters. The minimum atomic E-state index is -1.03. The Morgan fingerprint density at radius 1 is 1.33 bits per heavy atom. The number of carbonyl (C=O) groups is 2. The molecule has 0 bridgehead atoms. The van der Waals surface area contributed by atoms with Crippen molar-refractivity contribution in [2.45, 2.75) is 38.5 Å². The number of ether oxygens (including phenoxy) is 1. The minimum absolute atomic E-state index is 0.107. The summed E-state index contributed by atoms with van der Waals surface area (Å²) in [5, 5.41) is 2.86. The van der Waals surface area contributed by atoms with Gasteiger partial charge in [0.1, 0.15) is 11.6 Å². The van der Waals surface area contributed by atoms with E-state index in [-0.39, 0.29) is 17.9 Å². The summed E-state index contributed by atoms with van der Waals surface area (Å²) in [5.74, 6) is -0.256. The Bertz CT molecular complexity index is 532. The van der Waals surface area contributed by atoms with Gasteiger partial charge in [0.15, 0.2) is 0 Å². The average molecular weight is 290 g/mol. The molecule has 1 aliphatic rings. The van der Waals surface area contributed by atoms with Gasteiger partial charge in [-0.15, -0.1) is 0 Å². The Hall–Kier alpha value is -1.88. The molecule has 5 nitrogen and oxygen atoms in total. The van der Waals surface area contributed by atoms with Crippen LogP contribution in [0.15, 0.2) is 30.3 Å². The van der Waals surface area contributed by atoms with Gasteiger partial charge in [0, 0.05) is 13.7 Å². The van der Waals surface area contributed by atoms with Crippen molar-refractivity contribution < 1.29 is 14.3 Å². The van der Waals surface area contributed by atoms with Crippen LogP contribution < -0.4 is 5.32 Å². The minimum Gasteiger partial charge on any atom is -0.380 e. The Morgan fingerprint density at radius 3 is 2.52 bits per heavy atom. The summed E-state index contributed by atoms with van der Waals surface area (Å²) in [5.41, 5.74) is -0.247. The third-order valence-electron chi connectivity index (χ3n) is 4.12. The number of nitrogens with one attached hydrogen (secondary N) is 1. The van der Waals surface area contributed by atoms with Crippen LogP contribution in [0.1, 0.15) is 26.3 Å². The van der Waals surface area contributed by atoms with E-state index in [4.69, 9.17) is 4.74 Å². The quantitative estimate of drug-likeness (QED) is 0.909. The fourth-order valence-corrected chi connectivity index (χ4v) is 2.57. The van der Waals surface area contributed by atoms with Gasteiger partial charge in [-0.25, -0.2) is 0 Å². The predicted molar refractivity (Wildman–Crippen MR) is 79.6 cm³/mol. The van der Waals surface area contributed by atoms with Crippen molar-refractivity contribution >= 4 is 11.8 Å². The van der Waals surface area contributed by atoms with Crippen molar-refractivity contribution in [2.75, 3.05) is 13.7 Å². The molecular weight excluding hydrogens is 268 g/mol. The van der Waals surface area contributed by atoms with Crippen LogP contribution in [0.2, 0.25) is 0 Å². The third kappa shape index (κ3) is 2.78. The molecular formula is C16H22N2O3. The van der Waals surface area contributed by atoms with Crippen molar-refractivity contribution in [1.82, 2.24) is 10.2 Å². The van der Waals surface area contributed by atoms with Gasteiger partial charge in [-0.2, -0.15) is 0 Å². The van der Waals surface area contributed by atoms with Gasteiger partial charge in [-0.05, 0) is 26.3 Å².